The van der Waals surface area contributed by atoms with Crippen LogP contribution in [0.25, 0.3) is 6.08 Å². The number of hydrogen-bond donors (Lipinski definition) is 0. The third-order valence-electron chi connectivity index (χ3n) is 3.77. The van der Waals surface area contributed by atoms with E-state index in [0.29, 0.717) is 22.4 Å². The molecule has 0 saturated carbocycles. The van der Waals surface area contributed by atoms with Gasteiger partial charge in [-0.15, -0.1) is 0 Å². The van der Waals surface area contributed by atoms with Crippen molar-refractivity contribution in [2.45, 2.75) is 20.8 Å². The molecule has 2 aromatic rings. The van der Waals surface area contributed by atoms with Gasteiger partial charge in [0.1, 0.15) is 0 Å². The van der Waals surface area contributed by atoms with E-state index in [1.165, 1.54) is 6.92 Å². The molecule has 0 atom stereocenters. The van der Waals surface area contributed by atoms with Gasteiger partial charge in [-0.25, -0.2) is 9.79 Å². The molecule has 3 rings (SSSR count). The Hall–Kier alpha value is -2.93. The Labute approximate surface area is 171 Å². The van der Waals surface area contributed by atoms with Gasteiger partial charge in [-0.2, -0.15) is 0 Å². The summed E-state index contributed by atoms with van der Waals surface area (Å²) in [7, 11) is 0. The van der Waals surface area contributed by atoms with Crippen LogP contribution in [0.15, 0.2) is 51.6 Å². The molecule has 0 aliphatic carbocycles. The zero-order valence-corrected chi connectivity index (χ0v) is 17.2. The lowest BCUT2D eigenvalue weighted by molar-refractivity contribution is -0.132. The van der Waals surface area contributed by atoms with Crippen molar-refractivity contribution in [3.63, 3.8) is 0 Å². The molecule has 1 heterocycles. The van der Waals surface area contributed by atoms with E-state index in [9.17, 15) is 9.59 Å². The first kappa shape index (κ1) is 19.8. The topological polar surface area (TPSA) is 74.2 Å². The number of carbonyl (C=O) groups is 2. The van der Waals surface area contributed by atoms with Gasteiger partial charge in [0.25, 0.3) is 0 Å². The zero-order valence-electron chi connectivity index (χ0n) is 15.6. The highest BCUT2D eigenvalue weighted by Gasteiger charge is 2.24. The number of esters is 2. The quantitative estimate of drug-likeness (QED) is 0.388. The molecule has 0 unspecified atom stereocenters. The molecule has 1 aliphatic heterocycles. The van der Waals surface area contributed by atoms with Crippen LogP contribution in [-0.2, 0) is 14.3 Å². The first-order chi connectivity index (χ1) is 13.4. The maximum atomic E-state index is 12.2. The first-order valence-corrected chi connectivity index (χ1v) is 9.41. The zero-order chi connectivity index (χ0) is 20.3. The molecule has 0 radical (unpaired) electrons. The van der Waals surface area contributed by atoms with Crippen molar-refractivity contribution < 1.29 is 23.8 Å². The lowest BCUT2D eigenvalue weighted by Crippen LogP contribution is -2.06. The second-order valence-corrected chi connectivity index (χ2v) is 6.92. The van der Waals surface area contributed by atoms with E-state index in [1.807, 2.05) is 38.1 Å². The van der Waals surface area contributed by atoms with E-state index < -0.39 is 11.9 Å². The van der Waals surface area contributed by atoms with Gasteiger partial charge in [0.2, 0.25) is 5.90 Å². The van der Waals surface area contributed by atoms with Crippen LogP contribution in [0.3, 0.4) is 0 Å². The van der Waals surface area contributed by atoms with Crippen LogP contribution < -0.4 is 9.47 Å². The van der Waals surface area contributed by atoms with Crippen molar-refractivity contribution >= 4 is 39.8 Å². The van der Waals surface area contributed by atoms with E-state index in [-0.39, 0.29) is 17.3 Å². The lowest BCUT2D eigenvalue weighted by Gasteiger charge is -2.12. The number of benzene rings is 2. The van der Waals surface area contributed by atoms with Crippen LogP contribution in [0, 0.1) is 6.92 Å². The number of ether oxygens (including phenoxy) is 3. The van der Waals surface area contributed by atoms with Crippen LogP contribution in [-0.4, -0.2) is 24.4 Å². The summed E-state index contributed by atoms with van der Waals surface area (Å²) in [6.45, 7) is 5.48. The molecular formula is C21H18BrNO5. The Morgan fingerprint density at radius 1 is 1.29 bits per heavy atom. The van der Waals surface area contributed by atoms with E-state index >= 15 is 0 Å². The van der Waals surface area contributed by atoms with Gasteiger partial charge < -0.3 is 14.2 Å². The molecule has 0 N–H and O–H groups in total. The van der Waals surface area contributed by atoms with Crippen molar-refractivity contribution in [2.75, 3.05) is 6.61 Å². The summed E-state index contributed by atoms with van der Waals surface area (Å²) in [4.78, 5) is 27.9. The molecule has 144 valence electrons. The number of aliphatic imine (C=N–C) groups is 1. The summed E-state index contributed by atoms with van der Waals surface area (Å²) in [5.41, 5.74) is 2.59. The van der Waals surface area contributed by atoms with Crippen LogP contribution in [0.2, 0.25) is 0 Å². The minimum Gasteiger partial charge on any atom is -0.490 e. The minimum atomic E-state index is -0.533. The average Bonchev–Trinajstić information content (AvgIpc) is 2.99. The molecule has 0 bridgehead atoms. The molecule has 28 heavy (non-hydrogen) atoms. The fourth-order valence-electron chi connectivity index (χ4n) is 2.65. The molecule has 7 heteroatoms. The lowest BCUT2D eigenvalue weighted by atomic mass is 10.1. The van der Waals surface area contributed by atoms with E-state index in [2.05, 4.69) is 20.9 Å². The van der Waals surface area contributed by atoms with E-state index in [4.69, 9.17) is 14.2 Å². The number of hydrogen-bond acceptors (Lipinski definition) is 6. The Balaban J connectivity index is 1.98. The normalized spacial score (nSPS) is 14.6. The van der Waals surface area contributed by atoms with Crippen LogP contribution in [0.1, 0.15) is 30.5 Å². The summed E-state index contributed by atoms with van der Waals surface area (Å²) in [6, 6.07) is 10.9. The number of carbonyl (C=O) groups excluding carboxylic acids is 2. The highest BCUT2D eigenvalue weighted by Crippen LogP contribution is 2.38. The maximum absolute atomic E-state index is 12.2. The monoisotopic (exact) mass is 443 g/mol. The maximum Gasteiger partial charge on any atom is 0.363 e. The number of aryl methyl sites for hydroxylation is 1. The standard InChI is InChI=1S/C21H18BrNO5/c1-4-26-18-11-14(9-16(22)19(18)27-13(3)24)10-17-21(25)28-20(23-17)15-7-5-6-12(2)8-15/h5-11H,4H2,1-3H3/b17-10-. The van der Waals surface area contributed by atoms with Crippen molar-refractivity contribution in [3.8, 4) is 11.5 Å². The van der Waals surface area contributed by atoms with Gasteiger partial charge in [0.15, 0.2) is 17.2 Å². The third-order valence-corrected chi connectivity index (χ3v) is 4.36. The molecule has 2 aromatic carbocycles. The highest BCUT2D eigenvalue weighted by molar-refractivity contribution is 9.10. The van der Waals surface area contributed by atoms with Crippen molar-refractivity contribution in [3.05, 3.63) is 63.3 Å². The summed E-state index contributed by atoms with van der Waals surface area (Å²) in [6.07, 6.45) is 1.59. The second kappa shape index (κ2) is 8.39. The number of halogens is 1. The van der Waals surface area contributed by atoms with Gasteiger partial charge in [0.05, 0.1) is 11.1 Å². The smallest absolute Gasteiger partial charge is 0.363 e. The first-order valence-electron chi connectivity index (χ1n) is 8.61. The van der Waals surface area contributed by atoms with Crippen molar-refractivity contribution in [2.24, 2.45) is 4.99 Å². The largest absolute Gasteiger partial charge is 0.490 e. The molecule has 0 spiro atoms. The van der Waals surface area contributed by atoms with Crippen molar-refractivity contribution in [1.29, 1.82) is 0 Å². The molecule has 0 amide bonds. The average molecular weight is 444 g/mol. The molecular weight excluding hydrogens is 426 g/mol. The number of nitrogens with zero attached hydrogens (tertiary/aromatic N) is 1. The SMILES string of the molecule is CCOc1cc(/C=C2\N=C(c3cccc(C)c3)OC2=O)cc(Br)c1OC(C)=O. The van der Waals surface area contributed by atoms with Gasteiger partial charge in [-0.05, 0) is 65.7 Å². The second-order valence-electron chi connectivity index (χ2n) is 6.06. The molecule has 6 nitrogen and oxygen atoms in total. The molecule has 0 fully saturated rings. The van der Waals surface area contributed by atoms with Gasteiger partial charge in [0, 0.05) is 12.5 Å². The Kier molecular flexibility index (Phi) is 5.94. The predicted molar refractivity (Wildman–Crippen MR) is 108 cm³/mol. The summed E-state index contributed by atoms with van der Waals surface area (Å²) >= 11 is 3.38. The summed E-state index contributed by atoms with van der Waals surface area (Å²) < 4.78 is 16.6. The molecule has 0 aromatic heterocycles. The van der Waals surface area contributed by atoms with Crippen LogP contribution in [0.4, 0.5) is 0 Å². The minimum absolute atomic E-state index is 0.172. The van der Waals surface area contributed by atoms with Gasteiger partial charge >= 0.3 is 11.9 Å². The molecule has 0 saturated heterocycles. The van der Waals surface area contributed by atoms with Gasteiger partial charge in [-0.3, -0.25) is 4.79 Å². The van der Waals surface area contributed by atoms with Gasteiger partial charge in [-0.1, -0.05) is 17.7 Å². The van der Waals surface area contributed by atoms with Crippen LogP contribution in [0.5, 0.6) is 11.5 Å². The molecule has 1 aliphatic rings. The van der Waals surface area contributed by atoms with E-state index in [1.54, 1.807) is 18.2 Å². The summed E-state index contributed by atoms with van der Waals surface area (Å²) in [5.74, 6) is -0.0580. The fourth-order valence-corrected chi connectivity index (χ4v) is 3.19. The van der Waals surface area contributed by atoms with E-state index in [0.717, 1.165) is 11.1 Å². The van der Waals surface area contributed by atoms with Crippen molar-refractivity contribution in [1.82, 2.24) is 0 Å². The highest BCUT2D eigenvalue weighted by atomic mass is 79.9. The fraction of sp³-hybridized carbons (Fsp3) is 0.190. The predicted octanol–water partition coefficient (Wildman–Crippen LogP) is 4.43. The Morgan fingerprint density at radius 3 is 2.75 bits per heavy atom. The Morgan fingerprint density at radius 2 is 2.07 bits per heavy atom. The Bertz CT molecular complexity index is 1010. The van der Waals surface area contributed by atoms with Crippen LogP contribution >= 0.6 is 15.9 Å². The number of rotatable bonds is 5. The number of cyclic esters (lactones) is 1. The third kappa shape index (κ3) is 4.48. The summed E-state index contributed by atoms with van der Waals surface area (Å²) in [5, 5.41) is 0.